The first-order valence-corrected chi connectivity index (χ1v) is 15.1. The van der Waals surface area contributed by atoms with E-state index in [1.807, 2.05) is 39.0 Å². The Morgan fingerprint density at radius 3 is 2.61 bits per heavy atom. The molecular weight excluding hydrogens is 550 g/mol. The predicted octanol–water partition coefficient (Wildman–Crippen LogP) is 6.37. The molecule has 0 saturated heterocycles. The Morgan fingerprint density at radius 1 is 1.18 bits per heavy atom. The Labute approximate surface area is 262 Å². The monoisotopic (exact) mass is 597 g/mol. The molecule has 8 heteroatoms. The Balaban J connectivity index is 1.71. The molecule has 0 aliphatic carbocycles. The minimum Gasteiger partial charge on any atom is -0.476 e. The van der Waals surface area contributed by atoms with Gasteiger partial charge >= 0.3 is 5.97 Å². The maximum Gasteiger partial charge on any atom is 0.312 e. The van der Waals surface area contributed by atoms with Gasteiger partial charge in [-0.05, 0) is 82.5 Å². The van der Waals surface area contributed by atoms with Crippen molar-refractivity contribution in [1.82, 2.24) is 9.88 Å². The molecule has 44 heavy (non-hydrogen) atoms. The molecule has 1 aliphatic heterocycles. The number of anilines is 2. The van der Waals surface area contributed by atoms with E-state index in [0.717, 1.165) is 57.5 Å². The van der Waals surface area contributed by atoms with Gasteiger partial charge in [0.15, 0.2) is 0 Å². The molecule has 234 valence electrons. The van der Waals surface area contributed by atoms with Gasteiger partial charge in [0.05, 0.1) is 29.4 Å². The van der Waals surface area contributed by atoms with E-state index >= 15 is 0 Å². The number of rotatable bonds is 9. The van der Waals surface area contributed by atoms with Gasteiger partial charge in [0.2, 0.25) is 5.88 Å². The van der Waals surface area contributed by atoms with Gasteiger partial charge < -0.3 is 20.2 Å². The third kappa shape index (κ3) is 7.14. The number of ether oxygens (including phenoxy) is 2. The van der Waals surface area contributed by atoms with Crippen LogP contribution in [0.1, 0.15) is 55.9 Å². The van der Waals surface area contributed by atoms with Gasteiger partial charge in [0.1, 0.15) is 6.61 Å². The van der Waals surface area contributed by atoms with E-state index in [1.165, 1.54) is 17.7 Å². The van der Waals surface area contributed by atoms with Crippen LogP contribution in [0.5, 0.6) is 5.88 Å². The average Bonchev–Trinajstić information content (AvgIpc) is 3.17. The molecular formula is C36H47N5O3. The van der Waals surface area contributed by atoms with Crippen molar-refractivity contribution in [1.29, 1.82) is 0 Å². The first-order chi connectivity index (χ1) is 20.8. The third-order valence-electron chi connectivity index (χ3n) is 8.32. The number of aromatic nitrogens is 1. The number of nitrogen functional groups attached to an aromatic ring is 1. The molecule has 4 rings (SSSR count). The number of allylic oxidation sites excluding steroid dienone is 5. The highest BCUT2D eigenvalue weighted by molar-refractivity contribution is 5.81. The number of pyridine rings is 1. The molecule has 0 spiro atoms. The number of carbonyl (C=O) groups is 1. The van der Waals surface area contributed by atoms with E-state index in [-0.39, 0.29) is 11.9 Å². The van der Waals surface area contributed by atoms with Crippen LogP contribution in [-0.2, 0) is 16.1 Å². The van der Waals surface area contributed by atoms with Gasteiger partial charge in [0, 0.05) is 43.5 Å². The van der Waals surface area contributed by atoms with Crippen LogP contribution >= 0.6 is 0 Å². The number of hydrazine groups is 1. The second-order valence-corrected chi connectivity index (χ2v) is 12.5. The van der Waals surface area contributed by atoms with E-state index in [0.29, 0.717) is 24.7 Å². The maximum atomic E-state index is 13.3. The Morgan fingerprint density at radius 2 is 1.93 bits per heavy atom. The molecule has 0 saturated carbocycles. The van der Waals surface area contributed by atoms with Crippen LogP contribution in [0.25, 0.3) is 10.9 Å². The highest BCUT2D eigenvalue weighted by atomic mass is 16.5. The minimum atomic E-state index is -0.895. The summed E-state index contributed by atoms with van der Waals surface area (Å²) < 4.78 is 11.4. The number of hydrogen-bond acceptors (Lipinski definition) is 8. The van der Waals surface area contributed by atoms with Crippen LogP contribution in [-0.4, -0.2) is 49.7 Å². The van der Waals surface area contributed by atoms with Crippen molar-refractivity contribution in [3.8, 4) is 5.88 Å². The maximum absolute atomic E-state index is 13.3. The molecule has 4 N–H and O–H groups in total. The lowest BCUT2D eigenvalue weighted by atomic mass is 9.69. The van der Waals surface area contributed by atoms with Crippen molar-refractivity contribution in [2.24, 2.45) is 11.3 Å². The standard InChI is InChI=1S/C36H47N5O3/c1-23(2)11-13-26(32(36(5,6)35(42)43-8)29-14-16-31(40(7)38)33(37)25(29)4)10-9-17-41-18-19-44-34-28(22-41)21-27-20-24(3)12-15-30(27)39-34/h9-16,20-21,32H,17-19,22,37-38H2,1-8H3/b10-9+,26-13+. The van der Waals surface area contributed by atoms with Crippen LogP contribution in [0.4, 0.5) is 11.4 Å². The first-order valence-electron chi connectivity index (χ1n) is 15.1. The molecule has 1 aromatic heterocycles. The summed E-state index contributed by atoms with van der Waals surface area (Å²) in [5.74, 6) is 6.12. The smallest absolute Gasteiger partial charge is 0.312 e. The molecule has 0 fully saturated rings. The van der Waals surface area contributed by atoms with E-state index in [9.17, 15) is 4.79 Å². The quantitative estimate of drug-likeness (QED) is 0.0964. The molecule has 0 amide bonds. The zero-order valence-corrected chi connectivity index (χ0v) is 27.4. The fraction of sp³-hybridized carbons (Fsp3) is 0.389. The summed E-state index contributed by atoms with van der Waals surface area (Å²) in [6, 6.07) is 12.4. The van der Waals surface area contributed by atoms with Crippen LogP contribution in [0.2, 0.25) is 0 Å². The number of nitrogens with two attached hydrogens (primary N) is 2. The molecule has 0 radical (unpaired) electrons. The number of methoxy groups -OCH3 is 1. The molecule has 8 nitrogen and oxygen atoms in total. The molecule has 1 aliphatic rings. The number of aryl methyl sites for hydroxylation is 1. The van der Waals surface area contributed by atoms with Gasteiger partial charge in [-0.3, -0.25) is 9.69 Å². The Bertz CT molecular complexity index is 1620. The minimum absolute atomic E-state index is 0.298. The highest BCUT2D eigenvalue weighted by Crippen LogP contribution is 2.46. The fourth-order valence-electron chi connectivity index (χ4n) is 5.87. The molecule has 2 aromatic carbocycles. The van der Waals surface area contributed by atoms with E-state index in [4.69, 9.17) is 26.0 Å². The van der Waals surface area contributed by atoms with Gasteiger partial charge in [-0.25, -0.2) is 10.8 Å². The van der Waals surface area contributed by atoms with Crippen molar-refractivity contribution in [3.63, 3.8) is 0 Å². The van der Waals surface area contributed by atoms with Crippen LogP contribution in [0.3, 0.4) is 0 Å². The highest BCUT2D eigenvalue weighted by Gasteiger charge is 2.41. The lowest BCUT2D eigenvalue weighted by molar-refractivity contribution is -0.151. The number of esters is 1. The average molecular weight is 598 g/mol. The summed E-state index contributed by atoms with van der Waals surface area (Å²) in [6.07, 6.45) is 8.46. The number of nitrogens with zero attached hydrogens (tertiary/aromatic N) is 3. The van der Waals surface area contributed by atoms with Crippen LogP contribution in [0.15, 0.2) is 71.8 Å². The second-order valence-electron chi connectivity index (χ2n) is 12.5. The summed E-state index contributed by atoms with van der Waals surface area (Å²) in [5.41, 5.74) is 14.2. The molecule has 1 atom stereocenters. The van der Waals surface area contributed by atoms with Crippen LogP contribution < -0.4 is 21.3 Å². The lowest BCUT2D eigenvalue weighted by Crippen LogP contribution is -2.34. The number of fused-ring (bicyclic) bond motifs is 2. The van der Waals surface area contributed by atoms with E-state index in [1.54, 1.807) is 7.05 Å². The number of hydrogen-bond donors (Lipinski definition) is 2. The van der Waals surface area contributed by atoms with Gasteiger partial charge in [-0.2, -0.15) is 0 Å². The van der Waals surface area contributed by atoms with E-state index < -0.39 is 5.41 Å². The first kappa shape index (κ1) is 32.8. The van der Waals surface area contributed by atoms with Crippen molar-refractivity contribution < 1.29 is 14.3 Å². The van der Waals surface area contributed by atoms with Crippen molar-refractivity contribution in [2.75, 3.05) is 44.6 Å². The summed E-state index contributed by atoms with van der Waals surface area (Å²) in [6.45, 7) is 14.8. The molecule has 0 bridgehead atoms. The van der Waals surface area contributed by atoms with Crippen molar-refractivity contribution in [2.45, 2.75) is 54.0 Å². The topological polar surface area (TPSA) is 107 Å². The Hall–Kier alpha value is -4.14. The van der Waals surface area contributed by atoms with Crippen molar-refractivity contribution in [3.05, 3.63) is 94.1 Å². The van der Waals surface area contributed by atoms with Gasteiger partial charge in [-0.15, -0.1) is 0 Å². The van der Waals surface area contributed by atoms with Gasteiger partial charge in [-0.1, -0.05) is 47.6 Å². The van der Waals surface area contributed by atoms with Crippen LogP contribution in [0, 0.1) is 19.3 Å². The fourth-order valence-corrected chi connectivity index (χ4v) is 5.87. The Kier molecular flexibility index (Phi) is 10.2. The largest absolute Gasteiger partial charge is 0.476 e. The lowest BCUT2D eigenvalue weighted by Gasteiger charge is -2.35. The molecule has 2 heterocycles. The van der Waals surface area contributed by atoms with E-state index in [2.05, 4.69) is 68.2 Å². The number of benzene rings is 2. The summed E-state index contributed by atoms with van der Waals surface area (Å²) >= 11 is 0. The second kappa shape index (κ2) is 13.7. The van der Waals surface area contributed by atoms with Crippen molar-refractivity contribution >= 4 is 28.2 Å². The third-order valence-corrected chi connectivity index (χ3v) is 8.32. The number of carbonyl (C=O) groups excluding carboxylic acids is 1. The summed E-state index contributed by atoms with van der Waals surface area (Å²) in [7, 11) is 3.19. The summed E-state index contributed by atoms with van der Waals surface area (Å²) in [5, 5.41) is 2.63. The summed E-state index contributed by atoms with van der Waals surface area (Å²) in [4.78, 5) is 20.4. The van der Waals surface area contributed by atoms with Gasteiger partial charge in [0.25, 0.3) is 0 Å². The molecule has 1 unspecified atom stereocenters. The zero-order chi connectivity index (χ0) is 32.2. The SMILES string of the molecule is COC(=O)C(C)(C)C(C(/C=C/CN1CCOc2nc3ccc(C)cc3cc2C1)=C/C=C(C)C)c1ccc(N(C)N)c(N)c1C. The molecule has 3 aromatic rings. The predicted molar refractivity (Wildman–Crippen MR) is 181 cm³/mol. The normalized spacial score (nSPS) is 15.0. The zero-order valence-electron chi connectivity index (χ0n) is 27.4.